The van der Waals surface area contributed by atoms with Gasteiger partial charge in [0.2, 0.25) is 0 Å². The predicted molar refractivity (Wildman–Crippen MR) is 316 cm³/mol. The quantitative estimate of drug-likeness (QED) is 0.0251. The lowest BCUT2D eigenvalue weighted by Crippen LogP contribution is -2.67. The molecule has 1 fully saturated rings. The molecule has 0 spiro atoms. The maximum absolute atomic E-state index is 13.7. The average Bonchev–Trinajstić information content (AvgIpc) is 0.791. The van der Waals surface area contributed by atoms with E-state index in [0.717, 1.165) is 27.8 Å². The molecule has 90 heavy (non-hydrogen) atoms. The van der Waals surface area contributed by atoms with E-state index in [0.29, 0.717) is 94.4 Å². The lowest BCUT2D eigenvalue weighted by Gasteiger charge is -2.50. The van der Waals surface area contributed by atoms with Crippen molar-refractivity contribution in [1.29, 1.82) is 0 Å². The van der Waals surface area contributed by atoms with E-state index in [2.05, 4.69) is 23.7 Å². The first-order valence-electron chi connectivity index (χ1n) is 28.3. The van der Waals surface area contributed by atoms with Gasteiger partial charge in [0.05, 0.1) is 0 Å². The molecule has 30 heteroatoms. The SMILES string of the molecule is C[Si]1(CCCc2ccc(OC(F)=C(F)F)cc2)O[Si](C)(CCCc2ccc(OC(F)=C(F)F)cc2)O[Si](C)(CCCc2ccc(OC(F)=C(F)F)cc2)O[Si](C)(CCCc2ccc(OC(F)=C(F)F)cc2)O[Si](C)(CCCc2ccc(OC(F)=C(F)F)cc2)O1. The van der Waals surface area contributed by atoms with Crippen molar-refractivity contribution in [2.45, 2.75) is 127 Å². The standard InChI is InChI=1S/C60H65F15O10Si5/c1-86(36-6-11-41-16-26-46(27-17-41)76-56(71)51(61)62)81-87(2,37-7-12-42-18-28-47(29-19-42)77-57(72)52(63)64)83-89(4,39-9-14-44-22-32-49(33-23-44)79-59(74)54(67)68)85-90(5,40-10-15-45-24-34-50(35-25-45)80-60(75)55(69)70)84-88(3,82-86)38-8-13-43-20-30-48(31-21-43)78-58(73)53(65)66/h16-35H,6-15,36-40H2,1-5H3. The van der Waals surface area contributed by atoms with E-state index in [1.807, 2.05) is 32.7 Å². The van der Waals surface area contributed by atoms with Crippen molar-refractivity contribution in [3.63, 3.8) is 0 Å². The van der Waals surface area contributed by atoms with Crippen molar-refractivity contribution in [2.75, 3.05) is 0 Å². The van der Waals surface area contributed by atoms with Crippen molar-refractivity contribution < 1.29 is 110 Å². The number of hydrogen-bond donors (Lipinski definition) is 0. The minimum atomic E-state index is -3.62. The van der Waals surface area contributed by atoms with Gasteiger partial charge in [-0.2, -0.15) is 65.9 Å². The number of hydrogen-bond acceptors (Lipinski definition) is 10. The van der Waals surface area contributed by atoms with Crippen LogP contribution in [0.3, 0.4) is 0 Å². The molecule has 0 atom stereocenters. The van der Waals surface area contributed by atoms with Gasteiger partial charge in [0.25, 0.3) is 0 Å². The molecule has 5 aromatic rings. The zero-order valence-corrected chi connectivity index (χ0v) is 54.4. The molecular formula is C60H65F15O10Si5. The molecule has 0 N–H and O–H groups in total. The Labute approximate surface area is 516 Å². The monoisotopic (exact) mass is 1370 g/mol. The first kappa shape index (κ1) is 72.7. The Hall–Kier alpha value is -6.37. The highest BCUT2D eigenvalue weighted by Gasteiger charge is 2.56. The fourth-order valence-electron chi connectivity index (χ4n) is 10.3. The van der Waals surface area contributed by atoms with Crippen LogP contribution >= 0.6 is 0 Å². The lowest BCUT2D eigenvalue weighted by molar-refractivity contribution is 0.221. The minimum absolute atomic E-state index is 0.163. The van der Waals surface area contributed by atoms with Crippen LogP contribution in [-0.4, -0.2) is 42.8 Å². The molecule has 1 aliphatic heterocycles. The molecule has 0 radical (unpaired) electrons. The topological polar surface area (TPSA) is 92.3 Å². The van der Waals surface area contributed by atoms with Crippen molar-refractivity contribution in [3.8, 4) is 28.7 Å². The van der Waals surface area contributed by atoms with E-state index in [-0.39, 0.29) is 28.7 Å². The molecule has 1 aliphatic rings. The second-order valence-electron chi connectivity index (χ2n) is 21.8. The van der Waals surface area contributed by atoms with Crippen LogP contribution in [-0.2, 0) is 52.7 Å². The molecule has 1 heterocycles. The van der Waals surface area contributed by atoms with E-state index in [4.69, 9.17) is 20.6 Å². The Morgan fingerprint density at radius 2 is 0.378 bits per heavy atom. The maximum Gasteiger partial charge on any atom is 0.344 e. The fraction of sp³-hybridized carbons (Fsp3) is 0.333. The smallest absolute Gasteiger partial charge is 0.344 e. The van der Waals surface area contributed by atoms with Crippen LogP contribution in [0.15, 0.2) is 182 Å². The number of halogens is 15. The summed E-state index contributed by atoms with van der Waals surface area (Å²) in [6, 6.07) is 20.9. The zero-order chi connectivity index (χ0) is 65.9. The molecule has 5 aromatic carbocycles. The second-order valence-corrected chi connectivity index (χ2v) is 39.8. The molecule has 490 valence electrons. The highest BCUT2D eigenvalue weighted by atomic mass is 28.5. The Morgan fingerprint density at radius 3 is 0.500 bits per heavy atom. The van der Waals surface area contributed by atoms with E-state index in [1.54, 1.807) is 60.7 Å². The third-order valence-electron chi connectivity index (χ3n) is 14.0. The van der Waals surface area contributed by atoms with Crippen LogP contribution in [0, 0.1) is 0 Å². The van der Waals surface area contributed by atoms with Crippen molar-refractivity contribution in [3.05, 3.63) is 210 Å². The molecule has 0 bridgehead atoms. The lowest BCUT2D eigenvalue weighted by atomic mass is 10.1. The predicted octanol–water partition coefficient (Wildman–Crippen LogP) is 20.7. The molecule has 1 saturated heterocycles. The van der Waals surface area contributed by atoms with Gasteiger partial charge in [-0.3, -0.25) is 0 Å². The number of aryl methyl sites for hydroxylation is 5. The third kappa shape index (κ3) is 24.0. The van der Waals surface area contributed by atoms with Gasteiger partial charge in [-0.25, -0.2) is 0 Å². The summed E-state index contributed by atoms with van der Waals surface area (Å²) in [7, 11) is -18.1. The van der Waals surface area contributed by atoms with Crippen LogP contribution in [0.25, 0.3) is 0 Å². The van der Waals surface area contributed by atoms with E-state index in [9.17, 15) is 65.9 Å². The Kier molecular flexibility index (Phi) is 26.9. The van der Waals surface area contributed by atoms with E-state index in [1.165, 1.54) is 60.7 Å². The Morgan fingerprint density at radius 1 is 0.244 bits per heavy atom. The summed E-state index contributed by atoms with van der Waals surface area (Å²) in [5.41, 5.74) is 3.68. The summed E-state index contributed by atoms with van der Waals surface area (Å²) in [4.78, 5) is 0. The van der Waals surface area contributed by atoms with Crippen molar-refractivity contribution >= 4 is 42.8 Å². The van der Waals surface area contributed by atoms with Gasteiger partial charge >= 0.3 is 103 Å². The molecule has 6 rings (SSSR count). The molecule has 0 aromatic heterocycles. The second kappa shape index (κ2) is 33.3. The van der Waals surface area contributed by atoms with E-state index < -0.39 is 103 Å². The summed E-state index contributed by atoms with van der Waals surface area (Å²) >= 11 is 0. The van der Waals surface area contributed by atoms with Gasteiger partial charge in [-0.15, -0.1) is 0 Å². The number of ether oxygens (including phenoxy) is 5. The fourth-order valence-corrected chi connectivity index (χ4v) is 39.5. The van der Waals surface area contributed by atoms with Gasteiger partial charge in [0.1, 0.15) is 28.7 Å². The maximum atomic E-state index is 13.7. The minimum Gasteiger partial charge on any atom is -0.428 e. The molecule has 0 amide bonds. The first-order chi connectivity index (χ1) is 42.4. The summed E-state index contributed by atoms with van der Waals surface area (Å²) in [5.74, 6) is -0.817. The number of rotatable bonds is 30. The summed E-state index contributed by atoms with van der Waals surface area (Å²) < 4.78 is 258. The van der Waals surface area contributed by atoms with Crippen molar-refractivity contribution in [2.24, 2.45) is 0 Å². The molecule has 0 aliphatic carbocycles. The zero-order valence-electron chi connectivity index (χ0n) is 49.4. The largest absolute Gasteiger partial charge is 0.428 e. The Bertz CT molecular complexity index is 2770. The molecule has 0 saturated carbocycles. The van der Waals surface area contributed by atoms with Gasteiger partial charge in [0, 0.05) is 0 Å². The molecule has 0 unspecified atom stereocenters. The highest BCUT2D eigenvalue weighted by molar-refractivity contribution is 6.94. The van der Waals surface area contributed by atoms with Crippen molar-refractivity contribution in [1.82, 2.24) is 0 Å². The van der Waals surface area contributed by atoms with Gasteiger partial charge in [-0.1, -0.05) is 60.7 Å². The summed E-state index contributed by atoms with van der Waals surface area (Å²) in [6.45, 7) is 9.59. The van der Waals surface area contributed by atoms with Crippen LogP contribution in [0.5, 0.6) is 28.7 Å². The van der Waals surface area contributed by atoms with Crippen LogP contribution in [0.2, 0.25) is 63.0 Å². The van der Waals surface area contributed by atoms with Gasteiger partial charge < -0.3 is 44.3 Å². The highest BCUT2D eigenvalue weighted by Crippen LogP contribution is 2.41. The van der Waals surface area contributed by atoms with Crippen LogP contribution < -0.4 is 23.7 Å². The Balaban J connectivity index is 1.40. The summed E-state index contributed by atoms with van der Waals surface area (Å²) in [6.07, 6.45) is -8.96. The number of benzene rings is 5. The van der Waals surface area contributed by atoms with Crippen LogP contribution in [0.1, 0.15) is 59.9 Å². The first-order valence-corrected chi connectivity index (χ1v) is 40.9. The van der Waals surface area contributed by atoms with Gasteiger partial charge in [0.15, 0.2) is 0 Å². The molecular weight excluding hydrogens is 1310 g/mol. The van der Waals surface area contributed by atoms with E-state index >= 15 is 0 Å². The molecule has 10 nitrogen and oxygen atoms in total. The van der Waals surface area contributed by atoms with Crippen LogP contribution in [0.4, 0.5) is 65.9 Å². The van der Waals surface area contributed by atoms with Gasteiger partial charge in [-0.05, 0) is 216 Å². The average molecular weight is 1370 g/mol. The normalized spacial score (nSPS) is 20.9. The third-order valence-corrected chi connectivity index (χ3v) is 37.6. The summed E-state index contributed by atoms with van der Waals surface area (Å²) in [5, 5.41) is 0.